The number of hydrogen-bond donors (Lipinski definition) is 1. The summed E-state index contributed by atoms with van der Waals surface area (Å²) in [5.74, 6) is -0.295. The molecule has 0 radical (unpaired) electrons. The summed E-state index contributed by atoms with van der Waals surface area (Å²) >= 11 is 1.30. The van der Waals surface area contributed by atoms with Crippen molar-refractivity contribution in [2.75, 3.05) is 5.73 Å². The number of nitrogens with zero attached hydrogens (tertiary/aromatic N) is 1. The van der Waals surface area contributed by atoms with Crippen molar-refractivity contribution < 1.29 is 9.18 Å². The minimum atomic E-state index is -0.322. The predicted molar refractivity (Wildman–Crippen MR) is 65.3 cm³/mol. The van der Waals surface area contributed by atoms with E-state index in [4.69, 9.17) is 5.73 Å². The molecule has 0 spiro atoms. The van der Waals surface area contributed by atoms with E-state index in [1.807, 2.05) is 0 Å². The molecule has 88 valence electrons. The molecule has 0 unspecified atom stereocenters. The first-order valence-corrected chi connectivity index (χ1v) is 5.91. The van der Waals surface area contributed by atoms with Crippen molar-refractivity contribution in [1.82, 2.24) is 4.98 Å². The lowest BCUT2D eigenvalue weighted by atomic mass is 10.1. The summed E-state index contributed by atoms with van der Waals surface area (Å²) in [7, 11) is 0. The second kappa shape index (κ2) is 5.05. The number of nitrogens with two attached hydrogens (primary N) is 1. The molecule has 0 saturated heterocycles. The Hall–Kier alpha value is -1.75. The van der Waals surface area contributed by atoms with E-state index in [9.17, 15) is 9.18 Å². The van der Waals surface area contributed by atoms with Crippen molar-refractivity contribution in [3.63, 3.8) is 0 Å². The number of anilines is 1. The van der Waals surface area contributed by atoms with Crippen LogP contribution in [0.4, 0.5) is 9.52 Å². The predicted octanol–water partition coefficient (Wildman–Crippen LogP) is 2.22. The highest BCUT2D eigenvalue weighted by Crippen LogP contribution is 2.16. The van der Waals surface area contributed by atoms with Crippen molar-refractivity contribution in [2.24, 2.45) is 0 Å². The molecule has 17 heavy (non-hydrogen) atoms. The van der Waals surface area contributed by atoms with Gasteiger partial charge in [-0.15, -0.1) is 11.3 Å². The van der Waals surface area contributed by atoms with Gasteiger partial charge in [0.2, 0.25) is 0 Å². The zero-order valence-electron chi connectivity index (χ0n) is 9.02. The van der Waals surface area contributed by atoms with Crippen LogP contribution in [0.3, 0.4) is 0 Å². The summed E-state index contributed by atoms with van der Waals surface area (Å²) in [5.41, 5.74) is 6.16. The summed E-state index contributed by atoms with van der Waals surface area (Å²) in [6, 6.07) is 6.07. The Bertz CT molecular complexity index is 539. The number of nitrogen functional groups attached to an aromatic ring is 1. The Morgan fingerprint density at radius 2 is 2.24 bits per heavy atom. The summed E-state index contributed by atoms with van der Waals surface area (Å²) in [6.07, 6.45) is 2.13. The Balaban J connectivity index is 1.98. The van der Waals surface area contributed by atoms with Gasteiger partial charge in [0.15, 0.2) is 5.13 Å². The number of ketones is 1. The largest absolute Gasteiger partial charge is 0.375 e. The Morgan fingerprint density at radius 3 is 2.88 bits per heavy atom. The van der Waals surface area contributed by atoms with E-state index in [2.05, 4.69) is 4.98 Å². The van der Waals surface area contributed by atoms with Gasteiger partial charge in [-0.1, -0.05) is 12.1 Å². The van der Waals surface area contributed by atoms with Gasteiger partial charge in [0.25, 0.3) is 0 Å². The minimum Gasteiger partial charge on any atom is -0.375 e. The molecule has 0 bridgehead atoms. The first kappa shape index (κ1) is 11.7. The maximum atomic E-state index is 12.9. The fourth-order valence-electron chi connectivity index (χ4n) is 1.54. The summed E-state index contributed by atoms with van der Waals surface area (Å²) in [4.78, 5) is 16.4. The first-order valence-electron chi connectivity index (χ1n) is 5.10. The molecule has 5 heteroatoms. The standard InChI is InChI=1S/C12H11FN2OS/c13-9-3-1-2-8(4-9)5-10(16)6-11-7-15-12(14)17-11/h1-4,7H,5-6H2,(H2,14,15). The average molecular weight is 250 g/mol. The summed E-state index contributed by atoms with van der Waals surface area (Å²) < 4.78 is 12.9. The fourth-order valence-corrected chi connectivity index (χ4v) is 2.25. The molecule has 0 atom stereocenters. The second-order valence-corrected chi connectivity index (χ2v) is 4.83. The normalized spacial score (nSPS) is 10.4. The second-order valence-electron chi connectivity index (χ2n) is 3.69. The summed E-state index contributed by atoms with van der Waals surface area (Å²) in [5, 5.41) is 0.457. The van der Waals surface area contributed by atoms with E-state index in [1.165, 1.54) is 23.5 Å². The molecule has 2 rings (SSSR count). The van der Waals surface area contributed by atoms with E-state index in [0.29, 0.717) is 17.1 Å². The van der Waals surface area contributed by atoms with Crippen molar-refractivity contribution in [2.45, 2.75) is 12.8 Å². The molecule has 2 N–H and O–H groups in total. The molecule has 0 aliphatic heterocycles. The van der Waals surface area contributed by atoms with Crippen LogP contribution in [-0.2, 0) is 17.6 Å². The van der Waals surface area contributed by atoms with Gasteiger partial charge in [-0.05, 0) is 17.7 Å². The number of carbonyl (C=O) groups is 1. The van der Waals surface area contributed by atoms with Gasteiger partial charge in [-0.2, -0.15) is 0 Å². The number of halogens is 1. The zero-order chi connectivity index (χ0) is 12.3. The van der Waals surface area contributed by atoms with Crippen LogP contribution >= 0.6 is 11.3 Å². The molecule has 0 saturated carbocycles. The third-order valence-electron chi connectivity index (χ3n) is 2.23. The molecule has 3 nitrogen and oxygen atoms in total. The SMILES string of the molecule is Nc1ncc(CC(=O)Cc2cccc(F)c2)s1. The molecule has 0 aliphatic rings. The average Bonchev–Trinajstić information content (AvgIpc) is 2.63. The third kappa shape index (κ3) is 3.35. The number of rotatable bonds is 4. The van der Waals surface area contributed by atoms with Crippen molar-refractivity contribution in [3.05, 3.63) is 46.7 Å². The van der Waals surface area contributed by atoms with Gasteiger partial charge < -0.3 is 5.73 Å². The fraction of sp³-hybridized carbons (Fsp3) is 0.167. The van der Waals surface area contributed by atoms with Crippen LogP contribution in [0, 0.1) is 5.82 Å². The van der Waals surface area contributed by atoms with Gasteiger partial charge in [-0.3, -0.25) is 4.79 Å². The molecule has 0 amide bonds. The van der Waals surface area contributed by atoms with Crippen LogP contribution in [0.1, 0.15) is 10.4 Å². The molecule has 1 aromatic carbocycles. The maximum Gasteiger partial charge on any atom is 0.180 e. The lowest BCUT2D eigenvalue weighted by molar-refractivity contribution is -0.117. The van der Waals surface area contributed by atoms with Gasteiger partial charge in [0, 0.05) is 23.9 Å². The number of benzene rings is 1. The van der Waals surface area contributed by atoms with E-state index >= 15 is 0 Å². The molecule has 0 fully saturated rings. The van der Waals surface area contributed by atoms with Crippen LogP contribution in [0.2, 0.25) is 0 Å². The minimum absolute atomic E-state index is 0.0271. The number of hydrogen-bond acceptors (Lipinski definition) is 4. The maximum absolute atomic E-state index is 12.9. The highest BCUT2D eigenvalue weighted by atomic mass is 32.1. The highest BCUT2D eigenvalue weighted by Gasteiger charge is 2.08. The lowest BCUT2D eigenvalue weighted by Crippen LogP contribution is -2.05. The van der Waals surface area contributed by atoms with Gasteiger partial charge in [0.05, 0.1) is 0 Å². The van der Waals surface area contributed by atoms with Gasteiger partial charge in [0.1, 0.15) is 11.6 Å². The van der Waals surface area contributed by atoms with Gasteiger partial charge in [-0.25, -0.2) is 9.37 Å². The quantitative estimate of drug-likeness (QED) is 0.905. The van der Waals surface area contributed by atoms with Gasteiger partial charge >= 0.3 is 0 Å². The topological polar surface area (TPSA) is 56.0 Å². The van der Waals surface area contributed by atoms with Crippen LogP contribution < -0.4 is 5.73 Å². The number of Topliss-reactive ketones (excluding diaryl/α,β-unsaturated/α-hetero) is 1. The molecule has 2 aromatic rings. The van der Waals surface area contributed by atoms with Crippen molar-refractivity contribution >= 4 is 22.3 Å². The zero-order valence-corrected chi connectivity index (χ0v) is 9.84. The van der Waals surface area contributed by atoms with Crippen LogP contribution in [0.15, 0.2) is 30.5 Å². The van der Waals surface area contributed by atoms with E-state index in [-0.39, 0.29) is 18.0 Å². The molecule has 1 heterocycles. The Morgan fingerprint density at radius 1 is 1.41 bits per heavy atom. The van der Waals surface area contributed by atoms with Crippen molar-refractivity contribution in [3.8, 4) is 0 Å². The monoisotopic (exact) mass is 250 g/mol. The van der Waals surface area contributed by atoms with Crippen LogP contribution in [0.25, 0.3) is 0 Å². The first-order chi connectivity index (χ1) is 8.13. The van der Waals surface area contributed by atoms with E-state index in [1.54, 1.807) is 18.3 Å². The van der Waals surface area contributed by atoms with E-state index in [0.717, 1.165) is 4.88 Å². The number of carbonyl (C=O) groups excluding carboxylic acids is 1. The Labute approximate surface area is 102 Å². The number of aromatic nitrogens is 1. The van der Waals surface area contributed by atoms with Crippen LogP contribution in [0.5, 0.6) is 0 Å². The molecular weight excluding hydrogens is 239 g/mol. The lowest BCUT2D eigenvalue weighted by Gasteiger charge is -1.99. The summed E-state index contributed by atoms with van der Waals surface area (Å²) in [6.45, 7) is 0. The number of thiazole rings is 1. The van der Waals surface area contributed by atoms with E-state index < -0.39 is 0 Å². The molecule has 0 aliphatic carbocycles. The third-order valence-corrected chi connectivity index (χ3v) is 3.06. The Kier molecular flexibility index (Phi) is 3.49. The molecular formula is C12H11FN2OS. The van der Waals surface area contributed by atoms with Crippen LogP contribution in [-0.4, -0.2) is 10.8 Å². The highest BCUT2D eigenvalue weighted by molar-refractivity contribution is 7.15. The van der Waals surface area contributed by atoms with Crippen molar-refractivity contribution in [1.29, 1.82) is 0 Å². The molecule has 1 aromatic heterocycles. The smallest absolute Gasteiger partial charge is 0.180 e.